The number of amidine groups is 1. The Balaban J connectivity index is 1.91. The zero-order valence-corrected chi connectivity index (χ0v) is 11.5. The molecule has 0 saturated carbocycles. The summed E-state index contributed by atoms with van der Waals surface area (Å²) in [7, 11) is 0. The number of nitrogen functional groups attached to an aromatic ring is 1. The first kappa shape index (κ1) is 13.0. The summed E-state index contributed by atoms with van der Waals surface area (Å²) >= 11 is 0. The Bertz CT molecular complexity index is 761. The summed E-state index contributed by atoms with van der Waals surface area (Å²) in [5, 5.41) is 12.1. The highest BCUT2D eigenvalue weighted by Crippen LogP contribution is 2.34. The molecule has 0 fully saturated rings. The molecule has 0 aromatic heterocycles. The van der Waals surface area contributed by atoms with E-state index >= 15 is 0 Å². The number of fused-ring (bicyclic) bond motifs is 1. The van der Waals surface area contributed by atoms with Gasteiger partial charge in [0.1, 0.15) is 17.3 Å². The zero-order chi connectivity index (χ0) is 14.8. The van der Waals surface area contributed by atoms with Crippen LogP contribution in [-0.2, 0) is 0 Å². The third-order valence-corrected chi connectivity index (χ3v) is 3.18. The molecule has 2 aromatic rings. The second-order valence-corrected chi connectivity index (χ2v) is 4.80. The lowest BCUT2D eigenvalue weighted by Gasteiger charge is -2.24. The summed E-state index contributed by atoms with van der Waals surface area (Å²) in [6.45, 7) is 1.91. The van der Waals surface area contributed by atoms with Gasteiger partial charge < -0.3 is 15.8 Å². The molecule has 0 spiro atoms. The van der Waals surface area contributed by atoms with E-state index in [-0.39, 0.29) is 6.10 Å². The molecule has 0 bridgehead atoms. The van der Waals surface area contributed by atoms with Gasteiger partial charge in [0.25, 0.3) is 0 Å². The van der Waals surface area contributed by atoms with Gasteiger partial charge >= 0.3 is 0 Å². The summed E-state index contributed by atoms with van der Waals surface area (Å²) in [4.78, 5) is 4.56. The second kappa shape index (κ2) is 5.17. The van der Waals surface area contributed by atoms with Crippen LogP contribution in [0.4, 0.5) is 17.1 Å². The Hall–Kier alpha value is -3.00. The maximum absolute atomic E-state index is 8.93. The van der Waals surface area contributed by atoms with Gasteiger partial charge in [0.2, 0.25) is 0 Å². The number of hydrogen-bond acceptors (Lipinski definition) is 5. The van der Waals surface area contributed by atoms with Gasteiger partial charge in [-0.2, -0.15) is 5.26 Å². The molecule has 1 aliphatic rings. The number of nitrogens with two attached hydrogens (primary N) is 1. The van der Waals surface area contributed by atoms with Gasteiger partial charge in [-0.05, 0) is 37.3 Å². The molecule has 1 atom stereocenters. The molecule has 1 aliphatic heterocycles. The maximum Gasteiger partial charge on any atom is 0.153 e. The summed E-state index contributed by atoms with van der Waals surface area (Å²) in [6.07, 6.45) is -0.218. The van der Waals surface area contributed by atoms with Gasteiger partial charge in [-0.15, -0.1) is 0 Å². The van der Waals surface area contributed by atoms with Crippen molar-refractivity contribution in [3.8, 4) is 11.8 Å². The average Bonchev–Trinajstić information content (AvgIpc) is 2.48. The van der Waals surface area contributed by atoms with Crippen molar-refractivity contribution < 1.29 is 4.74 Å². The number of anilines is 2. The van der Waals surface area contributed by atoms with Crippen LogP contribution in [0.5, 0.6) is 5.75 Å². The molecular formula is C16H14N4O. The molecule has 2 aromatic carbocycles. The highest BCUT2D eigenvalue weighted by molar-refractivity contribution is 6.01. The quantitative estimate of drug-likeness (QED) is 0.785. The number of aliphatic imine (C=N–C) groups is 1. The van der Waals surface area contributed by atoms with E-state index in [1.165, 1.54) is 0 Å². The van der Waals surface area contributed by atoms with Gasteiger partial charge in [-0.25, -0.2) is 4.99 Å². The minimum atomic E-state index is -0.218. The molecule has 0 radical (unpaired) electrons. The van der Waals surface area contributed by atoms with Gasteiger partial charge in [0.05, 0.1) is 11.6 Å². The topological polar surface area (TPSA) is 83.4 Å². The fourth-order valence-electron chi connectivity index (χ4n) is 2.13. The molecule has 0 saturated heterocycles. The molecule has 21 heavy (non-hydrogen) atoms. The zero-order valence-electron chi connectivity index (χ0n) is 11.5. The van der Waals surface area contributed by atoms with Crippen molar-refractivity contribution in [2.24, 2.45) is 4.99 Å². The van der Waals surface area contributed by atoms with Crippen LogP contribution in [0.15, 0.2) is 47.5 Å². The van der Waals surface area contributed by atoms with Crippen LogP contribution >= 0.6 is 0 Å². The Morgan fingerprint density at radius 3 is 2.95 bits per heavy atom. The molecule has 5 nitrogen and oxygen atoms in total. The Morgan fingerprint density at radius 2 is 2.14 bits per heavy atom. The molecular weight excluding hydrogens is 264 g/mol. The molecule has 3 N–H and O–H groups in total. The van der Waals surface area contributed by atoms with Crippen molar-refractivity contribution >= 4 is 22.9 Å². The Kier molecular flexibility index (Phi) is 3.20. The summed E-state index contributed by atoms with van der Waals surface area (Å²) < 4.78 is 5.82. The molecule has 5 heteroatoms. The van der Waals surface area contributed by atoms with E-state index in [1.807, 2.05) is 25.1 Å². The fraction of sp³-hybridized carbons (Fsp3) is 0.125. The molecule has 104 valence electrons. The molecule has 3 rings (SSSR count). The van der Waals surface area contributed by atoms with Crippen LogP contribution in [0.2, 0.25) is 0 Å². The summed E-state index contributed by atoms with van der Waals surface area (Å²) in [5.74, 6) is 1.38. The monoisotopic (exact) mass is 278 g/mol. The normalized spacial score (nSPS) is 16.2. The van der Waals surface area contributed by atoms with E-state index in [1.54, 1.807) is 24.3 Å². The maximum atomic E-state index is 8.93. The number of ether oxygens (including phenoxy) is 1. The van der Waals surface area contributed by atoms with Crippen molar-refractivity contribution in [3.05, 3.63) is 48.0 Å². The minimum absolute atomic E-state index is 0.218. The molecule has 0 aliphatic carbocycles. The van der Waals surface area contributed by atoms with Crippen molar-refractivity contribution in [1.82, 2.24) is 0 Å². The van der Waals surface area contributed by atoms with Gasteiger partial charge in [0, 0.05) is 17.4 Å². The van der Waals surface area contributed by atoms with Crippen molar-refractivity contribution in [1.29, 1.82) is 5.26 Å². The minimum Gasteiger partial charge on any atom is -0.480 e. The smallest absolute Gasteiger partial charge is 0.153 e. The first-order valence-electron chi connectivity index (χ1n) is 6.57. The Morgan fingerprint density at radius 1 is 1.29 bits per heavy atom. The van der Waals surface area contributed by atoms with Crippen LogP contribution in [0.3, 0.4) is 0 Å². The van der Waals surface area contributed by atoms with Crippen molar-refractivity contribution in [2.45, 2.75) is 13.0 Å². The van der Waals surface area contributed by atoms with E-state index in [0.29, 0.717) is 22.8 Å². The second-order valence-electron chi connectivity index (χ2n) is 4.80. The van der Waals surface area contributed by atoms with Crippen LogP contribution < -0.4 is 15.8 Å². The Labute approximate surface area is 122 Å². The van der Waals surface area contributed by atoms with E-state index in [0.717, 1.165) is 11.4 Å². The SMILES string of the molecule is CC1Oc2cc(N)ccc2N=C1Nc1cccc(C#N)c1. The molecule has 1 heterocycles. The van der Waals surface area contributed by atoms with E-state index in [9.17, 15) is 0 Å². The largest absolute Gasteiger partial charge is 0.480 e. The highest BCUT2D eigenvalue weighted by atomic mass is 16.5. The average molecular weight is 278 g/mol. The van der Waals surface area contributed by atoms with Crippen LogP contribution in [0.25, 0.3) is 0 Å². The highest BCUT2D eigenvalue weighted by Gasteiger charge is 2.20. The van der Waals surface area contributed by atoms with E-state index in [4.69, 9.17) is 15.7 Å². The van der Waals surface area contributed by atoms with Crippen LogP contribution in [0.1, 0.15) is 12.5 Å². The third kappa shape index (κ3) is 2.65. The van der Waals surface area contributed by atoms with Crippen molar-refractivity contribution in [2.75, 3.05) is 11.1 Å². The molecule has 0 amide bonds. The first-order valence-corrected chi connectivity index (χ1v) is 6.57. The van der Waals surface area contributed by atoms with Crippen LogP contribution in [0, 0.1) is 11.3 Å². The molecule has 1 unspecified atom stereocenters. The van der Waals surface area contributed by atoms with E-state index in [2.05, 4.69) is 16.4 Å². The lowest BCUT2D eigenvalue weighted by atomic mass is 10.2. The standard InChI is InChI=1S/C16H14N4O/c1-10-16(19-13-4-2-3-11(7-13)9-17)20-14-6-5-12(18)8-15(14)21-10/h2-8,10H,18H2,1H3,(H,19,20). The van der Waals surface area contributed by atoms with Crippen molar-refractivity contribution in [3.63, 3.8) is 0 Å². The fourth-order valence-corrected chi connectivity index (χ4v) is 2.13. The summed E-state index contributed by atoms with van der Waals surface area (Å²) in [6, 6.07) is 14.7. The number of hydrogen-bond donors (Lipinski definition) is 2. The number of rotatable bonds is 1. The van der Waals surface area contributed by atoms with Gasteiger partial charge in [-0.1, -0.05) is 6.07 Å². The van der Waals surface area contributed by atoms with Crippen LogP contribution in [-0.4, -0.2) is 11.9 Å². The lowest BCUT2D eigenvalue weighted by molar-refractivity contribution is 0.283. The predicted molar refractivity (Wildman–Crippen MR) is 82.8 cm³/mol. The number of nitrogens with zero attached hydrogens (tertiary/aromatic N) is 2. The lowest BCUT2D eigenvalue weighted by Crippen LogP contribution is -2.32. The van der Waals surface area contributed by atoms with Gasteiger partial charge in [0.15, 0.2) is 6.10 Å². The number of nitriles is 1. The first-order chi connectivity index (χ1) is 10.2. The summed E-state index contributed by atoms with van der Waals surface area (Å²) in [5.41, 5.74) is 8.53. The predicted octanol–water partition coefficient (Wildman–Crippen LogP) is 3.06. The third-order valence-electron chi connectivity index (χ3n) is 3.18. The van der Waals surface area contributed by atoms with Gasteiger partial charge in [-0.3, -0.25) is 0 Å². The number of benzene rings is 2. The number of nitrogens with one attached hydrogen (secondary N) is 1. The van der Waals surface area contributed by atoms with E-state index < -0.39 is 0 Å².